The molecule has 0 aliphatic heterocycles. The molecule has 1 N–H and O–H groups in total. The van der Waals surface area contributed by atoms with Gasteiger partial charge in [0.05, 0.1) is 6.61 Å². The normalized spacial score (nSPS) is 10.5. The zero-order chi connectivity index (χ0) is 13.0. The van der Waals surface area contributed by atoms with Gasteiger partial charge in [-0.3, -0.25) is 4.79 Å². The number of hydrogen-bond donors (Lipinski definition) is 1. The molecule has 18 heavy (non-hydrogen) atoms. The molecular weight excluding hydrogens is 239 g/mol. The second kappa shape index (κ2) is 5.42. The number of benzene rings is 1. The fraction of sp³-hybridized carbons (Fsp3) is 0.167. The van der Waals surface area contributed by atoms with Crippen molar-refractivity contribution in [2.24, 2.45) is 0 Å². The number of aromatic nitrogens is 2. The third-order valence-electron chi connectivity index (χ3n) is 2.35. The van der Waals surface area contributed by atoms with Gasteiger partial charge in [0.1, 0.15) is 6.73 Å². The predicted octanol–water partition coefficient (Wildman–Crippen LogP) is 0.850. The Balaban J connectivity index is 2.06. The minimum absolute atomic E-state index is 0.239. The fourth-order valence-electron chi connectivity index (χ4n) is 1.43. The fourth-order valence-corrected chi connectivity index (χ4v) is 1.43. The Labute approximate surface area is 101 Å². The monoisotopic (exact) mass is 250 g/mol. The molecule has 0 saturated carbocycles. The highest BCUT2D eigenvalue weighted by molar-refractivity contribution is 5.13. The van der Waals surface area contributed by atoms with Crippen molar-refractivity contribution >= 4 is 0 Å². The SMILES string of the molecule is O=c1[nH]cc(F)c(=O)n1COCc1ccccc1. The zero-order valence-corrected chi connectivity index (χ0v) is 9.43. The van der Waals surface area contributed by atoms with Crippen molar-refractivity contribution < 1.29 is 9.13 Å². The summed E-state index contributed by atoms with van der Waals surface area (Å²) < 4.78 is 18.8. The minimum atomic E-state index is -1.02. The van der Waals surface area contributed by atoms with Gasteiger partial charge in [0.2, 0.25) is 5.82 Å². The first-order chi connectivity index (χ1) is 8.68. The largest absolute Gasteiger partial charge is 0.356 e. The van der Waals surface area contributed by atoms with Crippen molar-refractivity contribution in [3.63, 3.8) is 0 Å². The van der Waals surface area contributed by atoms with Gasteiger partial charge >= 0.3 is 5.69 Å². The Morgan fingerprint density at radius 1 is 1.22 bits per heavy atom. The topological polar surface area (TPSA) is 64.1 Å². The van der Waals surface area contributed by atoms with Crippen LogP contribution in [0.5, 0.6) is 0 Å². The lowest BCUT2D eigenvalue weighted by Crippen LogP contribution is -2.37. The molecule has 94 valence electrons. The van der Waals surface area contributed by atoms with Crippen LogP contribution in [0.2, 0.25) is 0 Å². The van der Waals surface area contributed by atoms with E-state index in [2.05, 4.69) is 4.98 Å². The van der Waals surface area contributed by atoms with Crippen LogP contribution in [0.1, 0.15) is 5.56 Å². The summed E-state index contributed by atoms with van der Waals surface area (Å²) in [6, 6.07) is 9.25. The number of H-pyrrole nitrogens is 1. The highest BCUT2D eigenvalue weighted by Crippen LogP contribution is 2.00. The smallest absolute Gasteiger partial charge is 0.330 e. The number of ether oxygens (including phenoxy) is 1. The van der Waals surface area contributed by atoms with Crippen LogP contribution in [-0.4, -0.2) is 9.55 Å². The summed E-state index contributed by atoms with van der Waals surface area (Å²) in [4.78, 5) is 24.7. The first kappa shape index (κ1) is 12.3. The summed E-state index contributed by atoms with van der Waals surface area (Å²) in [7, 11) is 0. The van der Waals surface area contributed by atoms with Crippen LogP contribution in [0.3, 0.4) is 0 Å². The van der Waals surface area contributed by atoms with Crippen LogP contribution < -0.4 is 11.2 Å². The predicted molar refractivity (Wildman–Crippen MR) is 62.5 cm³/mol. The second-order valence-corrected chi connectivity index (χ2v) is 3.64. The molecule has 1 aromatic heterocycles. The summed E-state index contributed by atoms with van der Waals surface area (Å²) in [6.07, 6.45) is 0.734. The van der Waals surface area contributed by atoms with Crippen LogP contribution in [0.25, 0.3) is 0 Å². The number of nitrogens with zero attached hydrogens (tertiary/aromatic N) is 1. The maximum absolute atomic E-state index is 13.0. The molecular formula is C12H11FN2O3. The molecule has 0 unspecified atom stereocenters. The van der Waals surface area contributed by atoms with E-state index in [9.17, 15) is 14.0 Å². The molecule has 0 amide bonds. The average molecular weight is 250 g/mol. The molecule has 0 spiro atoms. The molecule has 0 bridgehead atoms. The third-order valence-corrected chi connectivity index (χ3v) is 2.35. The number of rotatable bonds is 4. The Morgan fingerprint density at radius 3 is 2.67 bits per heavy atom. The highest BCUT2D eigenvalue weighted by Gasteiger charge is 2.06. The average Bonchev–Trinajstić information content (AvgIpc) is 2.39. The van der Waals surface area contributed by atoms with Crippen LogP contribution in [0.15, 0.2) is 46.1 Å². The van der Waals surface area contributed by atoms with Gasteiger partial charge in [-0.1, -0.05) is 30.3 Å². The van der Waals surface area contributed by atoms with Gasteiger partial charge < -0.3 is 9.72 Å². The van der Waals surface area contributed by atoms with E-state index < -0.39 is 17.1 Å². The molecule has 1 aromatic carbocycles. The van der Waals surface area contributed by atoms with Crippen molar-refractivity contribution in [1.82, 2.24) is 9.55 Å². The maximum atomic E-state index is 13.0. The van der Waals surface area contributed by atoms with Crippen molar-refractivity contribution in [3.8, 4) is 0 Å². The van der Waals surface area contributed by atoms with E-state index in [1.54, 1.807) is 0 Å². The van der Waals surface area contributed by atoms with Gasteiger partial charge in [-0.05, 0) is 5.56 Å². The number of halogens is 1. The van der Waals surface area contributed by atoms with Crippen LogP contribution >= 0.6 is 0 Å². The van der Waals surface area contributed by atoms with Crippen molar-refractivity contribution in [1.29, 1.82) is 0 Å². The minimum Gasteiger partial charge on any atom is -0.356 e. The van der Waals surface area contributed by atoms with Crippen LogP contribution in [0.4, 0.5) is 4.39 Å². The van der Waals surface area contributed by atoms with Crippen LogP contribution in [-0.2, 0) is 18.1 Å². The van der Waals surface area contributed by atoms with Gasteiger partial charge in [0, 0.05) is 6.20 Å². The summed E-state index contributed by atoms with van der Waals surface area (Å²) in [6.45, 7) is -0.0515. The Bertz CT molecular complexity index is 634. The van der Waals surface area contributed by atoms with E-state index in [1.165, 1.54) is 0 Å². The molecule has 0 aliphatic carbocycles. The molecule has 2 rings (SSSR count). The zero-order valence-electron chi connectivity index (χ0n) is 9.43. The Kier molecular flexibility index (Phi) is 3.69. The Hall–Kier alpha value is -2.21. The van der Waals surface area contributed by atoms with Crippen molar-refractivity contribution in [2.75, 3.05) is 0 Å². The lowest BCUT2D eigenvalue weighted by Gasteiger charge is -2.06. The molecule has 0 fully saturated rings. The lowest BCUT2D eigenvalue weighted by atomic mass is 10.2. The molecule has 1 heterocycles. The summed E-state index contributed by atoms with van der Waals surface area (Å²) in [5.74, 6) is -1.02. The summed E-state index contributed by atoms with van der Waals surface area (Å²) in [5, 5.41) is 0. The van der Waals surface area contributed by atoms with E-state index in [1.807, 2.05) is 30.3 Å². The van der Waals surface area contributed by atoms with Crippen molar-refractivity contribution in [2.45, 2.75) is 13.3 Å². The second-order valence-electron chi connectivity index (χ2n) is 3.64. The molecule has 6 heteroatoms. The van der Waals surface area contributed by atoms with Crippen LogP contribution in [0, 0.1) is 5.82 Å². The Morgan fingerprint density at radius 2 is 1.94 bits per heavy atom. The molecule has 0 atom stereocenters. The van der Waals surface area contributed by atoms with E-state index in [0.29, 0.717) is 4.57 Å². The van der Waals surface area contributed by atoms with E-state index in [-0.39, 0.29) is 13.3 Å². The van der Waals surface area contributed by atoms with Gasteiger partial charge in [-0.25, -0.2) is 9.36 Å². The summed E-state index contributed by atoms with van der Waals surface area (Å²) >= 11 is 0. The van der Waals surface area contributed by atoms with Gasteiger partial charge in [0.25, 0.3) is 5.56 Å². The first-order valence-corrected chi connectivity index (χ1v) is 5.28. The lowest BCUT2D eigenvalue weighted by molar-refractivity contribution is 0.0579. The standard InChI is InChI=1S/C12H11FN2O3/c13-10-6-14-12(17)15(11(10)16)8-18-7-9-4-2-1-3-5-9/h1-6H,7-8H2,(H,14,17). The molecule has 5 nitrogen and oxygen atoms in total. The third kappa shape index (κ3) is 2.72. The molecule has 0 aliphatic rings. The molecule has 0 saturated heterocycles. The molecule has 2 aromatic rings. The van der Waals surface area contributed by atoms with Gasteiger partial charge in [0.15, 0.2) is 0 Å². The van der Waals surface area contributed by atoms with Gasteiger partial charge in [-0.15, -0.1) is 0 Å². The van der Waals surface area contributed by atoms with E-state index >= 15 is 0 Å². The van der Waals surface area contributed by atoms with Gasteiger partial charge in [-0.2, -0.15) is 4.39 Å². The van der Waals surface area contributed by atoms with E-state index in [0.717, 1.165) is 11.8 Å². The molecule has 0 radical (unpaired) electrons. The van der Waals surface area contributed by atoms with Crippen molar-refractivity contribution in [3.05, 3.63) is 68.7 Å². The number of nitrogens with one attached hydrogen (secondary N) is 1. The quantitative estimate of drug-likeness (QED) is 0.874. The van der Waals surface area contributed by atoms with E-state index in [4.69, 9.17) is 4.74 Å². The number of aromatic amines is 1. The maximum Gasteiger partial charge on any atom is 0.330 e. The number of hydrogen-bond acceptors (Lipinski definition) is 3. The summed E-state index contributed by atoms with van der Waals surface area (Å²) in [5.41, 5.74) is -0.792. The first-order valence-electron chi connectivity index (χ1n) is 5.28. The highest BCUT2D eigenvalue weighted by atomic mass is 19.1.